The molecule has 2 N–H and O–H groups in total. The molecule has 2 fully saturated rings. The SMILES string of the molecule is CCC1(C(=O)NC2(C(=O)O)CC2)CCCC1. The van der Waals surface area contributed by atoms with Crippen LogP contribution in [0, 0.1) is 5.41 Å². The molecule has 0 atom stereocenters. The summed E-state index contributed by atoms with van der Waals surface area (Å²) in [5.74, 6) is -0.919. The molecule has 2 aliphatic rings. The number of carboxylic acid groups (broad SMARTS) is 1. The highest BCUT2D eigenvalue weighted by Gasteiger charge is 2.54. The number of rotatable bonds is 4. The Balaban J connectivity index is 2.05. The molecular weight excluding hydrogens is 206 g/mol. The number of aliphatic carboxylic acids is 1. The van der Waals surface area contributed by atoms with Gasteiger partial charge in [0.15, 0.2) is 0 Å². The van der Waals surface area contributed by atoms with Crippen LogP contribution in [0.25, 0.3) is 0 Å². The number of carbonyl (C=O) groups excluding carboxylic acids is 1. The Morgan fingerprint density at radius 1 is 1.19 bits per heavy atom. The third kappa shape index (κ3) is 1.70. The predicted molar refractivity (Wildman–Crippen MR) is 58.9 cm³/mol. The van der Waals surface area contributed by atoms with Gasteiger partial charge in [-0.05, 0) is 32.1 Å². The lowest BCUT2D eigenvalue weighted by Crippen LogP contribution is -2.49. The van der Waals surface area contributed by atoms with E-state index in [9.17, 15) is 9.59 Å². The van der Waals surface area contributed by atoms with E-state index < -0.39 is 11.5 Å². The van der Waals surface area contributed by atoms with Crippen molar-refractivity contribution in [2.75, 3.05) is 0 Å². The number of amides is 1. The van der Waals surface area contributed by atoms with Crippen LogP contribution in [0.15, 0.2) is 0 Å². The Hall–Kier alpha value is -1.06. The average molecular weight is 225 g/mol. The molecule has 0 aromatic heterocycles. The highest BCUT2D eigenvalue weighted by atomic mass is 16.4. The molecule has 2 aliphatic carbocycles. The van der Waals surface area contributed by atoms with Crippen molar-refractivity contribution >= 4 is 11.9 Å². The van der Waals surface area contributed by atoms with Crippen LogP contribution in [0.4, 0.5) is 0 Å². The zero-order valence-electron chi connectivity index (χ0n) is 9.71. The van der Waals surface area contributed by atoms with Crippen LogP contribution in [-0.4, -0.2) is 22.5 Å². The number of carbonyl (C=O) groups is 2. The topological polar surface area (TPSA) is 66.4 Å². The molecule has 0 radical (unpaired) electrons. The van der Waals surface area contributed by atoms with Gasteiger partial charge < -0.3 is 10.4 Å². The molecule has 0 bridgehead atoms. The predicted octanol–water partition coefficient (Wildman–Crippen LogP) is 1.69. The van der Waals surface area contributed by atoms with Crippen LogP contribution >= 0.6 is 0 Å². The fourth-order valence-electron chi connectivity index (χ4n) is 2.66. The monoisotopic (exact) mass is 225 g/mol. The van der Waals surface area contributed by atoms with Crippen molar-refractivity contribution in [3.8, 4) is 0 Å². The van der Waals surface area contributed by atoms with Crippen molar-refractivity contribution in [2.45, 2.75) is 57.4 Å². The minimum Gasteiger partial charge on any atom is -0.480 e. The van der Waals surface area contributed by atoms with Crippen molar-refractivity contribution < 1.29 is 14.7 Å². The molecule has 0 heterocycles. The third-order valence-corrected chi connectivity index (χ3v) is 4.23. The zero-order chi connectivity index (χ0) is 11.8. The van der Waals surface area contributed by atoms with E-state index in [2.05, 4.69) is 5.32 Å². The summed E-state index contributed by atoms with van der Waals surface area (Å²) >= 11 is 0. The average Bonchev–Trinajstić information content (AvgIpc) is 2.88. The first-order valence-corrected chi connectivity index (χ1v) is 6.11. The maximum absolute atomic E-state index is 12.2. The molecule has 90 valence electrons. The molecular formula is C12H19NO3. The van der Waals surface area contributed by atoms with Gasteiger partial charge in [-0.1, -0.05) is 19.8 Å². The van der Waals surface area contributed by atoms with Crippen molar-refractivity contribution in [1.29, 1.82) is 0 Å². The second kappa shape index (κ2) is 3.75. The molecule has 1 amide bonds. The van der Waals surface area contributed by atoms with Crippen LogP contribution in [0.5, 0.6) is 0 Å². The van der Waals surface area contributed by atoms with Crippen LogP contribution in [-0.2, 0) is 9.59 Å². The summed E-state index contributed by atoms with van der Waals surface area (Å²) in [4.78, 5) is 23.2. The van der Waals surface area contributed by atoms with Gasteiger partial charge in [0.05, 0.1) is 0 Å². The molecule has 2 rings (SSSR count). The minimum absolute atomic E-state index is 0.0348. The maximum atomic E-state index is 12.2. The molecule has 0 aliphatic heterocycles. The van der Waals surface area contributed by atoms with E-state index in [1.807, 2.05) is 6.92 Å². The lowest BCUT2D eigenvalue weighted by molar-refractivity contribution is -0.145. The normalized spacial score (nSPS) is 25.1. The van der Waals surface area contributed by atoms with Gasteiger partial charge >= 0.3 is 5.97 Å². The first-order valence-electron chi connectivity index (χ1n) is 6.11. The van der Waals surface area contributed by atoms with E-state index in [-0.39, 0.29) is 11.3 Å². The van der Waals surface area contributed by atoms with Gasteiger partial charge in [0.25, 0.3) is 0 Å². The van der Waals surface area contributed by atoms with Gasteiger partial charge in [0.1, 0.15) is 5.54 Å². The zero-order valence-corrected chi connectivity index (χ0v) is 9.71. The largest absolute Gasteiger partial charge is 0.480 e. The van der Waals surface area contributed by atoms with Gasteiger partial charge in [0, 0.05) is 5.41 Å². The van der Waals surface area contributed by atoms with Crippen molar-refractivity contribution in [2.24, 2.45) is 5.41 Å². The highest BCUT2D eigenvalue weighted by molar-refractivity contribution is 5.92. The quantitative estimate of drug-likeness (QED) is 0.765. The van der Waals surface area contributed by atoms with Crippen LogP contribution in [0.2, 0.25) is 0 Å². The first kappa shape index (κ1) is 11.4. The molecule has 0 saturated heterocycles. The second-order valence-corrected chi connectivity index (χ2v) is 5.18. The Kier molecular flexibility index (Phi) is 2.68. The Labute approximate surface area is 95.4 Å². The van der Waals surface area contributed by atoms with Gasteiger partial charge in [-0.2, -0.15) is 0 Å². The van der Waals surface area contributed by atoms with E-state index in [1.54, 1.807) is 0 Å². The summed E-state index contributed by atoms with van der Waals surface area (Å²) in [5, 5.41) is 11.8. The Bertz CT molecular complexity index is 314. The number of hydrogen-bond acceptors (Lipinski definition) is 2. The molecule has 4 heteroatoms. The van der Waals surface area contributed by atoms with Gasteiger partial charge in [0.2, 0.25) is 5.91 Å². The van der Waals surface area contributed by atoms with E-state index in [4.69, 9.17) is 5.11 Å². The third-order valence-electron chi connectivity index (χ3n) is 4.23. The van der Waals surface area contributed by atoms with Gasteiger partial charge in [-0.15, -0.1) is 0 Å². The molecule has 0 aromatic rings. The molecule has 16 heavy (non-hydrogen) atoms. The fraction of sp³-hybridized carbons (Fsp3) is 0.833. The van der Waals surface area contributed by atoms with Gasteiger partial charge in [-0.3, -0.25) is 4.79 Å². The van der Waals surface area contributed by atoms with Crippen LogP contribution in [0.1, 0.15) is 51.9 Å². The first-order chi connectivity index (χ1) is 7.55. The van der Waals surface area contributed by atoms with Gasteiger partial charge in [-0.25, -0.2) is 4.79 Å². The van der Waals surface area contributed by atoms with Crippen molar-refractivity contribution in [3.63, 3.8) is 0 Å². The summed E-state index contributed by atoms with van der Waals surface area (Å²) < 4.78 is 0. The molecule has 0 spiro atoms. The summed E-state index contributed by atoms with van der Waals surface area (Å²) in [6, 6.07) is 0. The summed E-state index contributed by atoms with van der Waals surface area (Å²) in [5.41, 5.74) is -1.22. The summed E-state index contributed by atoms with van der Waals surface area (Å²) in [7, 11) is 0. The fourth-order valence-corrected chi connectivity index (χ4v) is 2.66. The van der Waals surface area contributed by atoms with Crippen LogP contribution < -0.4 is 5.32 Å². The molecule has 0 aromatic carbocycles. The molecule has 4 nitrogen and oxygen atoms in total. The van der Waals surface area contributed by atoms with Crippen LogP contribution in [0.3, 0.4) is 0 Å². The number of nitrogens with one attached hydrogen (secondary N) is 1. The summed E-state index contributed by atoms with van der Waals surface area (Å²) in [6.45, 7) is 2.02. The number of hydrogen-bond donors (Lipinski definition) is 2. The molecule has 0 unspecified atom stereocenters. The Morgan fingerprint density at radius 2 is 1.75 bits per heavy atom. The highest BCUT2D eigenvalue weighted by Crippen LogP contribution is 2.43. The van der Waals surface area contributed by atoms with Crippen molar-refractivity contribution in [1.82, 2.24) is 5.32 Å². The van der Waals surface area contributed by atoms with E-state index in [0.717, 1.165) is 32.1 Å². The molecule has 2 saturated carbocycles. The summed E-state index contributed by atoms with van der Waals surface area (Å²) in [6.07, 6.45) is 5.95. The lowest BCUT2D eigenvalue weighted by atomic mass is 9.82. The maximum Gasteiger partial charge on any atom is 0.329 e. The standard InChI is InChI=1S/C12H19NO3/c1-2-11(5-3-4-6-11)9(14)13-12(7-8-12)10(15)16/h2-8H2,1H3,(H,13,14)(H,15,16). The lowest BCUT2D eigenvalue weighted by Gasteiger charge is -2.28. The Morgan fingerprint density at radius 3 is 2.12 bits per heavy atom. The second-order valence-electron chi connectivity index (χ2n) is 5.18. The van der Waals surface area contributed by atoms with E-state index in [0.29, 0.717) is 12.8 Å². The smallest absolute Gasteiger partial charge is 0.329 e. The van der Waals surface area contributed by atoms with E-state index >= 15 is 0 Å². The minimum atomic E-state index is -0.929. The van der Waals surface area contributed by atoms with Crippen molar-refractivity contribution in [3.05, 3.63) is 0 Å². The van der Waals surface area contributed by atoms with E-state index in [1.165, 1.54) is 0 Å². The number of carboxylic acids is 1.